The quantitative estimate of drug-likeness (QED) is 0.635. The molecule has 4 heteroatoms. The number of phenolic OH excluding ortho intramolecular Hbond substituents is 1. The minimum atomic E-state index is 0.220. The lowest BCUT2D eigenvalue weighted by Gasteiger charge is -2.10. The van der Waals surface area contributed by atoms with E-state index in [0.717, 1.165) is 22.6 Å². The Hall–Kier alpha value is -2.78. The van der Waals surface area contributed by atoms with Crippen LogP contribution >= 0.6 is 11.6 Å². The third kappa shape index (κ3) is 4.15. The fraction of sp³-hybridized carbons (Fsp3) is 0.0500. The van der Waals surface area contributed by atoms with Crippen LogP contribution in [-0.2, 0) is 6.61 Å². The number of ether oxygens (including phenoxy) is 1. The molecule has 0 heterocycles. The summed E-state index contributed by atoms with van der Waals surface area (Å²) in [5, 5.41) is 9.99. The Morgan fingerprint density at radius 3 is 2.42 bits per heavy atom. The summed E-state index contributed by atoms with van der Waals surface area (Å²) in [6.07, 6.45) is 1.74. The van der Waals surface area contributed by atoms with Crippen LogP contribution in [0, 0.1) is 0 Å². The Kier molecular flexibility index (Phi) is 5.14. The zero-order valence-electron chi connectivity index (χ0n) is 12.9. The van der Waals surface area contributed by atoms with Gasteiger partial charge in [0.05, 0.1) is 5.69 Å². The minimum absolute atomic E-state index is 0.220. The Morgan fingerprint density at radius 2 is 1.62 bits per heavy atom. The van der Waals surface area contributed by atoms with Crippen molar-refractivity contribution in [2.75, 3.05) is 0 Å². The maximum absolute atomic E-state index is 9.30. The van der Waals surface area contributed by atoms with Gasteiger partial charge in [-0.2, -0.15) is 0 Å². The first-order valence-corrected chi connectivity index (χ1v) is 7.88. The molecule has 0 radical (unpaired) electrons. The normalized spacial score (nSPS) is 10.9. The first kappa shape index (κ1) is 16.1. The van der Waals surface area contributed by atoms with Gasteiger partial charge < -0.3 is 9.84 Å². The van der Waals surface area contributed by atoms with Crippen molar-refractivity contribution in [3.05, 3.63) is 88.9 Å². The molecule has 3 rings (SSSR count). The fourth-order valence-electron chi connectivity index (χ4n) is 2.17. The summed E-state index contributed by atoms with van der Waals surface area (Å²) >= 11 is 6.16. The van der Waals surface area contributed by atoms with Gasteiger partial charge in [0, 0.05) is 22.4 Å². The number of nitrogens with zero attached hydrogens (tertiary/aromatic N) is 1. The Bertz CT molecular complexity index is 844. The van der Waals surface area contributed by atoms with Crippen molar-refractivity contribution in [2.45, 2.75) is 6.61 Å². The number of rotatable bonds is 5. The molecule has 0 saturated carbocycles. The number of phenols is 1. The third-order valence-electron chi connectivity index (χ3n) is 3.46. The lowest BCUT2D eigenvalue weighted by molar-refractivity contribution is 0.306. The zero-order valence-corrected chi connectivity index (χ0v) is 13.6. The molecule has 0 unspecified atom stereocenters. The van der Waals surface area contributed by atoms with E-state index in [-0.39, 0.29) is 5.75 Å². The number of benzene rings is 3. The van der Waals surface area contributed by atoms with E-state index < -0.39 is 0 Å². The lowest BCUT2D eigenvalue weighted by Crippen LogP contribution is -1.98. The largest absolute Gasteiger partial charge is 0.508 e. The molecule has 0 fully saturated rings. The van der Waals surface area contributed by atoms with Crippen molar-refractivity contribution in [1.29, 1.82) is 0 Å². The summed E-state index contributed by atoms with van der Waals surface area (Å²) < 4.78 is 5.90. The number of halogens is 1. The van der Waals surface area contributed by atoms with Crippen LogP contribution in [0.25, 0.3) is 0 Å². The molecule has 24 heavy (non-hydrogen) atoms. The van der Waals surface area contributed by atoms with Gasteiger partial charge in [0.25, 0.3) is 0 Å². The highest BCUT2D eigenvalue weighted by Gasteiger charge is 2.04. The van der Waals surface area contributed by atoms with E-state index in [4.69, 9.17) is 16.3 Å². The van der Waals surface area contributed by atoms with Crippen LogP contribution in [-0.4, -0.2) is 11.3 Å². The molecule has 3 aromatic carbocycles. The van der Waals surface area contributed by atoms with Gasteiger partial charge in [0.2, 0.25) is 0 Å². The average molecular weight is 338 g/mol. The molecule has 0 spiro atoms. The van der Waals surface area contributed by atoms with Crippen LogP contribution in [0.2, 0.25) is 5.02 Å². The number of para-hydroxylation sites is 1. The van der Waals surface area contributed by atoms with Gasteiger partial charge in [-0.3, -0.25) is 4.99 Å². The molecular weight excluding hydrogens is 322 g/mol. The molecule has 0 aliphatic carbocycles. The topological polar surface area (TPSA) is 41.8 Å². The smallest absolute Gasteiger partial charge is 0.128 e. The van der Waals surface area contributed by atoms with Crippen LogP contribution in [0.15, 0.2) is 77.8 Å². The molecule has 0 saturated heterocycles. The van der Waals surface area contributed by atoms with E-state index in [9.17, 15) is 5.11 Å². The summed E-state index contributed by atoms with van der Waals surface area (Å²) in [6.45, 7) is 0.393. The Labute approximate surface area is 145 Å². The van der Waals surface area contributed by atoms with Crippen LogP contribution < -0.4 is 4.74 Å². The van der Waals surface area contributed by atoms with Crippen LogP contribution in [0.5, 0.6) is 11.5 Å². The van der Waals surface area contributed by atoms with Crippen molar-refractivity contribution >= 4 is 23.5 Å². The standard InChI is InChI=1S/C20H16ClNO2/c21-19-7-3-1-6-16(19)14-24-20-8-4-2-5-15(20)13-22-17-9-11-18(23)12-10-17/h1-13,23H,14H2. The second-order valence-electron chi connectivity index (χ2n) is 5.19. The summed E-state index contributed by atoms with van der Waals surface area (Å²) in [5.74, 6) is 0.956. The van der Waals surface area contributed by atoms with Crippen LogP contribution in [0.4, 0.5) is 5.69 Å². The molecule has 0 aliphatic heterocycles. The third-order valence-corrected chi connectivity index (χ3v) is 3.83. The van der Waals surface area contributed by atoms with E-state index in [2.05, 4.69) is 4.99 Å². The Balaban J connectivity index is 1.75. The van der Waals surface area contributed by atoms with Crippen LogP contribution in [0.1, 0.15) is 11.1 Å². The number of hydrogen-bond acceptors (Lipinski definition) is 3. The molecule has 0 bridgehead atoms. The molecular formula is C20H16ClNO2. The van der Waals surface area contributed by atoms with Gasteiger partial charge in [-0.05, 0) is 42.5 Å². The van der Waals surface area contributed by atoms with E-state index in [1.165, 1.54) is 0 Å². The molecule has 1 N–H and O–H groups in total. The SMILES string of the molecule is Oc1ccc(N=Cc2ccccc2OCc2ccccc2Cl)cc1. The van der Waals surface area contributed by atoms with E-state index in [1.807, 2.05) is 48.5 Å². The maximum Gasteiger partial charge on any atom is 0.128 e. The van der Waals surface area contributed by atoms with Crippen LogP contribution in [0.3, 0.4) is 0 Å². The van der Waals surface area contributed by atoms with Gasteiger partial charge in [0.1, 0.15) is 18.1 Å². The molecule has 3 nitrogen and oxygen atoms in total. The van der Waals surface area contributed by atoms with Crippen molar-refractivity contribution in [3.63, 3.8) is 0 Å². The summed E-state index contributed by atoms with van der Waals surface area (Å²) in [5.41, 5.74) is 2.57. The van der Waals surface area contributed by atoms with Gasteiger partial charge in [-0.15, -0.1) is 0 Å². The van der Waals surface area contributed by atoms with E-state index in [0.29, 0.717) is 11.6 Å². The first-order valence-electron chi connectivity index (χ1n) is 7.51. The molecule has 0 aliphatic rings. The highest BCUT2D eigenvalue weighted by atomic mass is 35.5. The summed E-state index contributed by atoms with van der Waals surface area (Å²) in [4.78, 5) is 4.41. The van der Waals surface area contributed by atoms with Crippen molar-refractivity contribution < 1.29 is 9.84 Å². The van der Waals surface area contributed by atoms with Crippen molar-refractivity contribution in [1.82, 2.24) is 0 Å². The Morgan fingerprint density at radius 1 is 0.917 bits per heavy atom. The fourth-order valence-corrected chi connectivity index (χ4v) is 2.36. The number of aliphatic imine (C=N–C) groups is 1. The highest BCUT2D eigenvalue weighted by molar-refractivity contribution is 6.31. The first-order chi connectivity index (χ1) is 11.7. The maximum atomic E-state index is 9.30. The molecule has 0 atom stereocenters. The number of hydrogen-bond donors (Lipinski definition) is 1. The molecule has 120 valence electrons. The predicted molar refractivity (Wildman–Crippen MR) is 97.6 cm³/mol. The second-order valence-corrected chi connectivity index (χ2v) is 5.60. The van der Waals surface area contributed by atoms with E-state index in [1.54, 1.807) is 30.5 Å². The van der Waals surface area contributed by atoms with Gasteiger partial charge in [0.15, 0.2) is 0 Å². The molecule has 3 aromatic rings. The number of aromatic hydroxyl groups is 1. The summed E-state index contributed by atoms with van der Waals surface area (Å²) in [6, 6.07) is 22.0. The van der Waals surface area contributed by atoms with Gasteiger partial charge in [-0.25, -0.2) is 0 Å². The van der Waals surface area contributed by atoms with Crippen molar-refractivity contribution in [3.8, 4) is 11.5 Å². The minimum Gasteiger partial charge on any atom is -0.508 e. The second kappa shape index (κ2) is 7.66. The predicted octanol–water partition coefficient (Wildman–Crippen LogP) is 5.38. The monoisotopic (exact) mass is 337 g/mol. The van der Waals surface area contributed by atoms with E-state index >= 15 is 0 Å². The zero-order chi connectivity index (χ0) is 16.8. The highest BCUT2D eigenvalue weighted by Crippen LogP contribution is 2.22. The molecule has 0 amide bonds. The average Bonchev–Trinajstić information content (AvgIpc) is 2.61. The molecule has 0 aromatic heterocycles. The van der Waals surface area contributed by atoms with Crippen molar-refractivity contribution in [2.24, 2.45) is 4.99 Å². The van der Waals surface area contributed by atoms with Gasteiger partial charge in [-0.1, -0.05) is 41.9 Å². The van der Waals surface area contributed by atoms with Gasteiger partial charge >= 0.3 is 0 Å². The summed E-state index contributed by atoms with van der Waals surface area (Å²) in [7, 11) is 0. The lowest BCUT2D eigenvalue weighted by atomic mass is 10.2.